The van der Waals surface area contributed by atoms with Crippen molar-refractivity contribution < 1.29 is 9.59 Å². The van der Waals surface area contributed by atoms with Gasteiger partial charge in [-0.05, 0) is 44.2 Å². The molecule has 2 rings (SSSR count). The number of piperidine rings is 1. The molecule has 1 aliphatic heterocycles. The van der Waals surface area contributed by atoms with Crippen molar-refractivity contribution >= 4 is 11.8 Å². The van der Waals surface area contributed by atoms with Crippen LogP contribution in [0.3, 0.4) is 0 Å². The summed E-state index contributed by atoms with van der Waals surface area (Å²) in [4.78, 5) is 26.2. The molecule has 1 atom stereocenters. The lowest BCUT2D eigenvalue weighted by Gasteiger charge is -2.43. The van der Waals surface area contributed by atoms with Crippen molar-refractivity contribution in [2.45, 2.75) is 58.4 Å². The molecule has 0 aromatic rings. The van der Waals surface area contributed by atoms with Gasteiger partial charge in [-0.2, -0.15) is 0 Å². The van der Waals surface area contributed by atoms with Crippen molar-refractivity contribution in [3.8, 4) is 0 Å². The van der Waals surface area contributed by atoms with E-state index in [1.54, 1.807) is 4.90 Å². The molecular formula is C16H29N3O2. The van der Waals surface area contributed by atoms with Gasteiger partial charge in [0.2, 0.25) is 11.8 Å². The zero-order valence-electron chi connectivity index (χ0n) is 13.4. The first-order valence-electron chi connectivity index (χ1n) is 8.21. The Hall–Kier alpha value is -1.10. The second kappa shape index (κ2) is 6.77. The van der Waals surface area contributed by atoms with Crippen LogP contribution < -0.4 is 11.1 Å². The Bertz CT molecular complexity index is 389. The van der Waals surface area contributed by atoms with Crippen LogP contribution in [-0.4, -0.2) is 42.4 Å². The molecule has 1 saturated carbocycles. The van der Waals surface area contributed by atoms with E-state index < -0.39 is 5.91 Å². The van der Waals surface area contributed by atoms with Crippen LogP contribution in [0.2, 0.25) is 0 Å². The number of hydrogen-bond acceptors (Lipinski definition) is 3. The monoisotopic (exact) mass is 295 g/mol. The quantitative estimate of drug-likeness (QED) is 0.820. The molecule has 0 aromatic carbocycles. The van der Waals surface area contributed by atoms with Crippen LogP contribution in [-0.2, 0) is 9.59 Å². The lowest BCUT2D eigenvalue weighted by atomic mass is 9.68. The van der Waals surface area contributed by atoms with Gasteiger partial charge < -0.3 is 16.0 Å². The summed E-state index contributed by atoms with van der Waals surface area (Å²) in [6, 6.07) is 0.156. The number of carbonyl (C=O) groups is 2. The van der Waals surface area contributed by atoms with Crippen LogP contribution in [0.4, 0.5) is 0 Å². The van der Waals surface area contributed by atoms with E-state index >= 15 is 0 Å². The summed E-state index contributed by atoms with van der Waals surface area (Å²) in [7, 11) is 0. The molecule has 3 N–H and O–H groups in total. The molecule has 0 spiro atoms. The molecule has 1 aliphatic carbocycles. The molecule has 1 saturated heterocycles. The average molecular weight is 295 g/mol. The Balaban J connectivity index is 2.14. The number of nitrogens with zero attached hydrogens (tertiary/aromatic N) is 1. The maximum Gasteiger partial charge on any atom is 0.237 e. The summed E-state index contributed by atoms with van der Waals surface area (Å²) in [5.74, 6) is -0.235. The minimum atomic E-state index is -0.407. The Morgan fingerprint density at radius 1 is 1.19 bits per heavy atom. The largest absolute Gasteiger partial charge is 0.368 e. The zero-order valence-corrected chi connectivity index (χ0v) is 13.4. The standard InChI is InChI=1S/C16H29N3O2/c1-16(2)8-4-3-5-13(16)15(21)19(11-14(17)20)12-6-9-18-10-7-12/h12-13,18H,3-11H2,1-2H3,(H2,17,20). The van der Waals surface area contributed by atoms with E-state index in [1.165, 1.54) is 6.42 Å². The summed E-state index contributed by atoms with van der Waals surface area (Å²) in [6.45, 7) is 6.23. The van der Waals surface area contributed by atoms with E-state index in [2.05, 4.69) is 19.2 Å². The SMILES string of the molecule is CC1(C)CCCCC1C(=O)N(CC(N)=O)C1CCNCC1. The number of nitrogens with two attached hydrogens (primary N) is 1. The highest BCUT2D eigenvalue weighted by molar-refractivity contribution is 5.86. The van der Waals surface area contributed by atoms with Crippen LogP contribution in [0.15, 0.2) is 0 Å². The van der Waals surface area contributed by atoms with E-state index in [0.717, 1.165) is 45.2 Å². The third kappa shape index (κ3) is 3.96. The van der Waals surface area contributed by atoms with Gasteiger partial charge >= 0.3 is 0 Å². The second-order valence-corrected chi connectivity index (χ2v) is 7.20. The highest BCUT2D eigenvalue weighted by Gasteiger charge is 2.41. The minimum absolute atomic E-state index is 0.0259. The molecule has 5 heteroatoms. The highest BCUT2D eigenvalue weighted by atomic mass is 16.2. The number of primary amides is 1. The summed E-state index contributed by atoms with van der Waals surface area (Å²) < 4.78 is 0. The van der Waals surface area contributed by atoms with Crippen LogP contribution in [0, 0.1) is 11.3 Å². The smallest absolute Gasteiger partial charge is 0.237 e. The van der Waals surface area contributed by atoms with E-state index in [-0.39, 0.29) is 29.8 Å². The van der Waals surface area contributed by atoms with Gasteiger partial charge in [0.15, 0.2) is 0 Å². The zero-order chi connectivity index (χ0) is 15.5. The first-order valence-corrected chi connectivity index (χ1v) is 8.21. The predicted octanol–water partition coefficient (Wildman–Crippen LogP) is 1.27. The Morgan fingerprint density at radius 3 is 2.43 bits per heavy atom. The third-order valence-electron chi connectivity index (χ3n) is 5.16. The first kappa shape index (κ1) is 16.3. The average Bonchev–Trinajstić information content (AvgIpc) is 2.44. The molecular weight excluding hydrogens is 266 g/mol. The summed E-state index contributed by atoms with van der Waals surface area (Å²) in [5.41, 5.74) is 5.41. The number of carbonyl (C=O) groups excluding carboxylic acids is 2. The normalized spacial score (nSPS) is 26.3. The fourth-order valence-corrected chi connectivity index (χ4v) is 3.83. The highest BCUT2D eigenvalue weighted by Crippen LogP contribution is 2.41. The Morgan fingerprint density at radius 2 is 1.86 bits per heavy atom. The fraction of sp³-hybridized carbons (Fsp3) is 0.875. The van der Waals surface area contributed by atoms with Crippen LogP contribution >= 0.6 is 0 Å². The van der Waals surface area contributed by atoms with Crippen molar-refractivity contribution in [2.24, 2.45) is 17.1 Å². The Labute approximate surface area is 127 Å². The molecule has 2 amide bonds. The summed E-state index contributed by atoms with van der Waals surface area (Å²) in [6.07, 6.45) is 6.14. The fourth-order valence-electron chi connectivity index (χ4n) is 3.83. The van der Waals surface area contributed by atoms with Crippen molar-refractivity contribution in [3.63, 3.8) is 0 Å². The first-order chi connectivity index (χ1) is 9.92. The molecule has 2 aliphatic rings. The lowest BCUT2D eigenvalue weighted by Crippen LogP contribution is -2.53. The number of nitrogens with one attached hydrogen (secondary N) is 1. The molecule has 1 unspecified atom stereocenters. The summed E-state index contributed by atoms with van der Waals surface area (Å²) >= 11 is 0. The third-order valence-corrected chi connectivity index (χ3v) is 5.16. The van der Waals surface area contributed by atoms with Crippen molar-refractivity contribution in [3.05, 3.63) is 0 Å². The molecule has 2 fully saturated rings. The van der Waals surface area contributed by atoms with Crippen molar-refractivity contribution in [1.29, 1.82) is 0 Å². The van der Waals surface area contributed by atoms with E-state index in [9.17, 15) is 9.59 Å². The van der Waals surface area contributed by atoms with Gasteiger partial charge in [0.1, 0.15) is 0 Å². The van der Waals surface area contributed by atoms with Crippen LogP contribution in [0.25, 0.3) is 0 Å². The molecule has 5 nitrogen and oxygen atoms in total. The van der Waals surface area contributed by atoms with Gasteiger partial charge in [-0.1, -0.05) is 26.7 Å². The summed E-state index contributed by atoms with van der Waals surface area (Å²) in [5, 5.41) is 3.30. The van der Waals surface area contributed by atoms with E-state index in [1.807, 2.05) is 0 Å². The molecule has 21 heavy (non-hydrogen) atoms. The van der Waals surface area contributed by atoms with Gasteiger partial charge in [-0.25, -0.2) is 0 Å². The minimum Gasteiger partial charge on any atom is -0.368 e. The molecule has 1 heterocycles. The van der Waals surface area contributed by atoms with Crippen LogP contribution in [0.1, 0.15) is 52.4 Å². The molecule has 0 aromatic heterocycles. The van der Waals surface area contributed by atoms with Gasteiger partial charge in [-0.15, -0.1) is 0 Å². The van der Waals surface area contributed by atoms with Gasteiger partial charge in [0.05, 0.1) is 6.54 Å². The van der Waals surface area contributed by atoms with Crippen molar-refractivity contribution in [1.82, 2.24) is 10.2 Å². The second-order valence-electron chi connectivity index (χ2n) is 7.20. The number of rotatable bonds is 4. The number of hydrogen-bond donors (Lipinski definition) is 2. The maximum atomic E-state index is 13.0. The molecule has 0 bridgehead atoms. The molecule has 0 radical (unpaired) electrons. The number of amides is 2. The van der Waals surface area contributed by atoms with Gasteiger partial charge in [-0.3, -0.25) is 9.59 Å². The lowest BCUT2D eigenvalue weighted by molar-refractivity contribution is -0.146. The van der Waals surface area contributed by atoms with Crippen LogP contribution in [0.5, 0.6) is 0 Å². The van der Waals surface area contributed by atoms with Crippen molar-refractivity contribution in [2.75, 3.05) is 19.6 Å². The van der Waals surface area contributed by atoms with Gasteiger partial charge in [0, 0.05) is 12.0 Å². The van der Waals surface area contributed by atoms with E-state index in [0.29, 0.717) is 0 Å². The molecule has 120 valence electrons. The Kier molecular flexibility index (Phi) is 5.25. The maximum absolute atomic E-state index is 13.0. The predicted molar refractivity (Wildman–Crippen MR) is 82.5 cm³/mol. The van der Waals surface area contributed by atoms with E-state index in [4.69, 9.17) is 5.73 Å². The van der Waals surface area contributed by atoms with Gasteiger partial charge in [0.25, 0.3) is 0 Å². The topological polar surface area (TPSA) is 75.4 Å².